The lowest BCUT2D eigenvalue weighted by Gasteiger charge is -2.28. The molecule has 1 N–H and O–H groups in total. The van der Waals surface area contributed by atoms with Gasteiger partial charge < -0.3 is 5.32 Å². The number of carbonyl (C=O) groups is 1. The van der Waals surface area contributed by atoms with Crippen molar-refractivity contribution >= 4 is 17.2 Å². The fourth-order valence-corrected chi connectivity index (χ4v) is 4.76. The number of thiazole rings is 1. The molecule has 0 bridgehead atoms. The van der Waals surface area contributed by atoms with Crippen LogP contribution in [0.3, 0.4) is 0 Å². The van der Waals surface area contributed by atoms with E-state index in [0.717, 1.165) is 29.4 Å². The summed E-state index contributed by atoms with van der Waals surface area (Å²) in [6.07, 6.45) is 2.46. The molecule has 1 fully saturated rings. The molecular formula is C23H25N3OS. The lowest BCUT2D eigenvalue weighted by Crippen LogP contribution is -2.36. The molecule has 1 atom stereocenters. The molecule has 1 unspecified atom stereocenters. The molecular weight excluding hydrogens is 366 g/mol. The van der Waals surface area contributed by atoms with Gasteiger partial charge in [-0.05, 0) is 38.4 Å². The largest absolute Gasteiger partial charge is 0.349 e. The highest BCUT2D eigenvalue weighted by molar-refractivity contribution is 7.17. The van der Waals surface area contributed by atoms with Crippen molar-refractivity contribution in [2.24, 2.45) is 0 Å². The van der Waals surface area contributed by atoms with E-state index in [2.05, 4.69) is 39.5 Å². The lowest BCUT2D eigenvalue weighted by molar-refractivity contribution is 0.0941. The van der Waals surface area contributed by atoms with E-state index in [0.29, 0.717) is 11.4 Å². The molecule has 0 saturated carbocycles. The van der Waals surface area contributed by atoms with Crippen LogP contribution < -0.4 is 5.32 Å². The maximum atomic E-state index is 12.9. The summed E-state index contributed by atoms with van der Waals surface area (Å²) >= 11 is 1.46. The Bertz CT molecular complexity index is 918. The van der Waals surface area contributed by atoms with E-state index in [-0.39, 0.29) is 11.9 Å². The number of benzene rings is 2. The molecule has 1 saturated heterocycles. The molecule has 1 aromatic heterocycles. The normalized spacial score (nSPS) is 15.5. The molecule has 0 aliphatic carbocycles. The van der Waals surface area contributed by atoms with Crippen LogP contribution in [-0.4, -0.2) is 35.4 Å². The van der Waals surface area contributed by atoms with Crippen LogP contribution in [0.4, 0.5) is 0 Å². The van der Waals surface area contributed by atoms with Crippen LogP contribution in [0.1, 0.15) is 39.8 Å². The summed E-state index contributed by atoms with van der Waals surface area (Å²) < 4.78 is 0. The fraction of sp³-hybridized carbons (Fsp3) is 0.304. The molecule has 4 rings (SSSR count). The zero-order valence-corrected chi connectivity index (χ0v) is 16.9. The van der Waals surface area contributed by atoms with E-state index < -0.39 is 0 Å². The number of amides is 1. The van der Waals surface area contributed by atoms with Crippen LogP contribution in [0.15, 0.2) is 60.7 Å². The van der Waals surface area contributed by atoms with E-state index in [4.69, 9.17) is 0 Å². The second kappa shape index (κ2) is 8.67. The molecule has 0 radical (unpaired) electrons. The Kier molecular flexibility index (Phi) is 5.84. The van der Waals surface area contributed by atoms with Gasteiger partial charge in [-0.2, -0.15) is 0 Å². The maximum absolute atomic E-state index is 12.9. The third kappa shape index (κ3) is 4.16. The maximum Gasteiger partial charge on any atom is 0.263 e. The topological polar surface area (TPSA) is 45.2 Å². The molecule has 3 aromatic rings. The van der Waals surface area contributed by atoms with Crippen molar-refractivity contribution in [3.05, 3.63) is 76.8 Å². The molecule has 1 aliphatic heterocycles. The SMILES string of the molecule is Cc1nc(-c2ccccc2)sc1C(=O)NCC(c1ccccc1)N1CCCC1. The van der Waals surface area contributed by atoms with Crippen molar-refractivity contribution in [1.82, 2.24) is 15.2 Å². The Balaban J connectivity index is 1.49. The van der Waals surface area contributed by atoms with Gasteiger partial charge in [0.15, 0.2) is 0 Å². The molecule has 0 spiro atoms. The summed E-state index contributed by atoms with van der Waals surface area (Å²) in [4.78, 5) is 20.7. The minimum absolute atomic E-state index is 0.0303. The number of rotatable bonds is 6. The minimum Gasteiger partial charge on any atom is -0.349 e. The van der Waals surface area contributed by atoms with Crippen LogP contribution in [0.25, 0.3) is 10.6 Å². The van der Waals surface area contributed by atoms with Gasteiger partial charge in [-0.3, -0.25) is 9.69 Å². The van der Waals surface area contributed by atoms with E-state index in [1.807, 2.05) is 43.3 Å². The number of nitrogens with one attached hydrogen (secondary N) is 1. The second-order valence-electron chi connectivity index (χ2n) is 7.18. The van der Waals surface area contributed by atoms with Gasteiger partial charge in [0, 0.05) is 12.1 Å². The zero-order valence-electron chi connectivity index (χ0n) is 16.1. The molecule has 28 heavy (non-hydrogen) atoms. The second-order valence-corrected chi connectivity index (χ2v) is 8.18. The number of aryl methyl sites for hydroxylation is 1. The molecule has 144 valence electrons. The first kappa shape index (κ1) is 18.8. The summed E-state index contributed by atoms with van der Waals surface area (Å²) in [5, 5.41) is 4.06. The highest BCUT2D eigenvalue weighted by Crippen LogP contribution is 2.28. The Morgan fingerprint density at radius 2 is 1.71 bits per heavy atom. The first-order chi connectivity index (χ1) is 13.7. The van der Waals surface area contributed by atoms with Gasteiger partial charge in [0.1, 0.15) is 9.88 Å². The Morgan fingerprint density at radius 1 is 1.07 bits per heavy atom. The quantitative estimate of drug-likeness (QED) is 0.663. The van der Waals surface area contributed by atoms with Crippen molar-refractivity contribution in [3.63, 3.8) is 0 Å². The first-order valence-corrected chi connectivity index (χ1v) is 10.6. The van der Waals surface area contributed by atoms with Crippen LogP contribution in [0, 0.1) is 6.92 Å². The van der Waals surface area contributed by atoms with Crippen molar-refractivity contribution < 1.29 is 4.79 Å². The third-order valence-electron chi connectivity index (χ3n) is 5.25. The summed E-state index contributed by atoms with van der Waals surface area (Å²) in [5.41, 5.74) is 3.10. The average molecular weight is 392 g/mol. The molecule has 2 aromatic carbocycles. The van der Waals surface area contributed by atoms with Gasteiger partial charge >= 0.3 is 0 Å². The molecule has 4 nitrogen and oxygen atoms in total. The number of carbonyl (C=O) groups excluding carboxylic acids is 1. The Hall–Kier alpha value is -2.50. The molecule has 1 amide bonds. The van der Waals surface area contributed by atoms with E-state index in [1.165, 1.54) is 29.7 Å². The predicted molar refractivity (Wildman–Crippen MR) is 115 cm³/mol. The summed E-state index contributed by atoms with van der Waals surface area (Å²) in [6, 6.07) is 20.7. The van der Waals surface area contributed by atoms with Crippen molar-refractivity contribution in [3.8, 4) is 10.6 Å². The summed E-state index contributed by atoms with van der Waals surface area (Å²) in [7, 11) is 0. The number of hydrogen-bond acceptors (Lipinski definition) is 4. The monoisotopic (exact) mass is 391 g/mol. The number of hydrogen-bond donors (Lipinski definition) is 1. The van der Waals surface area contributed by atoms with Gasteiger partial charge in [-0.25, -0.2) is 4.98 Å². The third-order valence-corrected chi connectivity index (χ3v) is 6.45. The number of nitrogens with zero attached hydrogens (tertiary/aromatic N) is 2. The standard InChI is InChI=1S/C23H25N3OS/c1-17-21(28-23(25-17)19-12-6-3-7-13-19)22(27)24-16-20(26-14-8-9-15-26)18-10-4-2-5-11-18/h2-7,10-13,20H,8-9,14-16H2,1H3,(H,24,27). The van der Waals surface area contributed by atoms with Gasteiger partial charge in [-0.1, -0.05) is 60.7 Å². The van der Waals surface area contributed by atoms with Crippen molar-refractivity contribution in [2.75, 3.05) is 19.6 Å². The Morgan fingerprint density at radius 3 is 2.39 bits per heavy atom. The number of aromatic nitrogens is 1. The van der Waals surface area contributed by atoms with Gasteiger partial charge in [-0.15, -0.1) is 11.3 Å². The average Bonchev–Trinajstić information content (AvgIpc) is 3.40. The fourth-order valence-electron chi connectivity index (χ4n) is 3.77. The summed E-state index contributed by atoms with van der Waals surface area (Å²) in [6.45, 7) is 4.70. The van der Waals surface area contributed by atoms with Crippen LogP contribution >= 0.6 is 11.3 Å². The highest BCUT2D eigenvalue weighted by atomic mass is 32.1. The first-order valence-electron chi connectivity index (χ1n) is 9.82. The Labute approximate surface area is 170 Å². The lowest BCUT2D eigenvalue weighted by atomic mass is 10.1. The van der Waals surface area contributed by atoms with Crippen LogP contribution in [-0.2, 0) is 0 Å². The van der Waals surface area contributed by atoms with Crippen molar-refractivity contribution in [1.29, 1.82) is 0 Å². The van der Waals surface area contributed by atoms with Crippen LogP contribution in [0.2, 0.25) is 0 Å². The molecule has 1 aliphatic rings. The zero-order chi connectivity index (χ0) is 19.3. The smallest absolute Gasteiger partial charge is 0.263 e. The van der Waals surface area contributed by atoms with E-state index >= 15 is 0 Å². The minimum atomic E-state index is -0.0303. The predicted octanol–water partition coefficient (Wildman–Crippen LogP) is 4.69. The highest BCUT2D eigenvalue weighted by Gasteiger charge is 2.25. The van der Waals surface area contributed by atoms with E-state index in [9.17, 15) is 4.79 Å². The van der Waals surface area contributed by atoms with Crippen molar-refractivity contribution in [2.45, 2.75) is 25.8 Å². The van der Waals surface area contributed by atoms with Gasteiger partial charge in [0.25, 0.3) is 5.91 Å². The van der Waals surface area contributed by atoms with Crippen LogP contribution in [0.5, 0.6) is 0 Å². The number of likely N-dealkylation sites (tertiary alicyclic amines) is 1. The molecule has 5 heteroatoms. The van der Waals surface area contributed by atoms with E-state index in [1.54, 1.807) is 0 Å². The van der Waals surface area contributed by atoms with Gasteiger partial charge in [0.05, 0.1) is 11.7 Å². The molecule has 2 heterocycles. The van der Waals surface area contributed by atoms with Gasteiger partial charge in [0.2, 0.25) is 0 Å². The summed E-state index contributed by atoms with van der Waals surface area (Å²) in [5.74, 6) is -0.0303.